The number of carbonyl (C=O) groups excluding carboxylic acids is 3. The standard InChI is InChI=1S/C24H26FN3O4S3/c1-3-28-16-10-9-14(25)11-18(16)35-24(28)27-20(30)13-33-12-19(29)26-22-21(23(31)32-4-2)15-7-5-6-8-17(15)34-22/h9-11H,3-8,12-13H2,1-2H3,(H,26,29). The minimum atomic E-state index is -0.406. The molecule has 0 saturated heterocycles. The topological polar surface area (TPSA) is 89.8 Å². The molecular weight excluding hydrogens is 509 g/mol. The maximum Gasteiger partial charge on any atom is 0.341 e. The molecule has 0 unspecified atom stereocenters. The molecule has 0 aliphatic heterocycles. The maximum atomic E-state index is 13.6. The zero-order valence-electron chi connectivity index (χ0n) is 19.5. The third-order valence-electron chi connectivity index (χ3n) is 5.54. The Balaban J connectivity index is 1.40. The summed E-state index contributed by atoms with van der Waals surface area (Å²) >= 11 is 3.85. The number of nitrogens with zero attached hydrogens (tertiary/aromatic N) is 2. The van der Waals surface area contributed by atoms with Crippen molar-refractivity contribution < 1.29 is 23.5 Å². The lowest BCUT2D eigenvalue weighted by atomic mass is 9.95. The number of thiazole rings is 1. The average molecular weight is 536 g/mol. The highest BCUT2D eigenvalue weighted by atomic mass is 32.2. The molecule has 35 heavy (non-hydrogen) atoms. The predicted octanol–water partition coefficient (Wildman–Crippen LogP) is 4.78. The Morgan fingerprint density at radius 3 is 2.74 bits per heavy atom. The number of aromatic nitrogens is 1. The van der Waals surface area contributed by atoms with Gasteiger partial charge in [0, 0.05) is 11.4 Å². The van der Waals surface area contributed by atoms with Crippen LogP contribution in [0.25, 0.3) is 10.2 Å². The number of aryl methyl sites for hydroxylation is 2. The van der Waals surface area contributed by atoms with Crippen LogP contribution in [0, 0.1) is 5.82 Å². The highest BCUT2D eigenvalue weighted by molar-refractivity contribution is 8.00. The van der Waals surface area contributed by atoms with Gasteiger partial charge in [-0.25, -0.2) is 9.18 Å². The van der Waals surface area contributed by atoms with Gasteiger partial charge in [0.05, 0.1) is 33.9 Å². The molecule has 11 heteroatoms. The van der Waals surface area contributed by atoms with Crippen molar-refractivity contribution in [3.63, 3.8) is 0 Å². The van der Waals surface area contributed by atoms with Gasteiger partial charge in [-0.3, -0.25) is 9.59 Å². The van der Waals surface area contributed by atoms with Gasteiger partial charge in [0.1, 0.15) is 10.8 Å². The largest absolute Gasteiger partial charge is 0.462 e. The van der Waals surface area contributed by atoms with Crippen LogP contribution in [0.15, 0.2) is 23.2 Å². The highest BCUT2D eigenvalue weighted by Gasteiger charge is 2.27. The lowest BCUT2D eigenvalue weighted by molar-refractivity contribution is -0.115. The molecule has 2 heterocycles. The Morgan fingerprint density at radius 2 is 1.97 bits per heavy atom. The maximum absolute atomic E-state index is 13.6. The number of esters is 1. The van der Waals surface area contributed by atoms with Crippen LogP contribution in [-0.4, -0.2) is 40.5 Å². The van der Waals surface area contributed by atoms with Crippen LogP contribution in [0.3, 0.4) is 0 Å². The molecule has 3 aromatic rings. The predicted molar refractivity (Wildman–Crippen MR) is 139 cm³/mol. The van der Waals surface area contributed by atoms with E-state index in [1.807, 2.05) is 11.5 Å². The molecule has 0 radical (unpaired) electrons. The number of hydrogen-bond donors (Lipinski definition) is 1. The summed E-state index contributed by atoms with van der Waals surface area (Å²) in [6.07, 6.45) is 3.78. The number of thioether (sulfide) groups is 1. The van der Waals surface area contributed by atoms with Crippen LogP contribution in [0.5, 0.6) is 0 Å². The first-order valence-electron chi connectivity index (χ1n) is 11.5. The fraction of sp³-hybridized carbons (Fsp3) is 0.417. The number of rotatable bonds is 8. The van der Waals surface area contributed by atoms with Gasteiger partial charge < -0.3 is 14.6 Å². The Labute approximate surface area is 214 Å². The van der Waals surface area contributed by atoms with E-state index in [0.29, 0.717) is 21.9 Å². The van der Waals surface area contributed by atoms with E-state index in [1.54, 1.807) is 13.0 Å². The normalized spacial score (nSPS) is 13.6. The van der Waals surface area contributed by atoms with E-state index < -0.39 is 5.97 Å². The number of hydrogen-bond acceptors (Lipinski definition) is 7. The van der Waals surface area contributed by atoms with E-state index >= 15 is 0 Å². The first-order valence-corrected chi connectivity index (χ1v) is 14.3. The van der Waals surface area contributed by atoms with Crippen LogP contribution in [0.4, 0.5) is 9.39 Å². The summed E-state index contributed by atoms with van der Waals surface area (Å²) in [4.78, 5) is 43.4. The second kappa shape index (κ2) is 11.5. The van der Waals surface area contributed by atoms with Gasteiger partial charge in [-0.1, -0.05) is 11.3 Å². The molecule has 0 bridgehead atoms. The van der Waals surface area contributed by atoms with Crippen LogP contribution in [0.2, 0.25) is 0 Å². The van der Waals surface area contributed by atoms with E-state index in [9.17, 15) is 18.8 Å². The molecule has 1 N–H and O–H groups in total. The molecule has 0 saturated carbocycles. The summed E-state index contributed by atoms with van der Waals surface area (Å²) in [7, 11) is 0. The zero-order valence-corrected chi connectivity index (χ0v) is 22.0. The summed E-state index contributed by atoms with van der Waals surface area (Å²) in [5.74, 6) is -1.30. The minimum absolute atomic E-state index is 0.0331. The SMILES string of the molecule is CCOC(=O)c1c(NC(=O)CSCC(=O)N=c2sc3cc(F)ccc3n2CC)sc2c1CCCC2. The fourth-order valence-electron chi connectivity index (χ4n) is 4.04. The third kappa shape index (κ3) is 5.84. The van der Waals surface area contributed by atoms with Crippen molar-refractivity contribution in [1.29, 1.82) is 0 Å². The Bertz CT molecular complexity index is 1340. The smallest absolute Gasteiger partial charge is 0.341 e. The van der Waals surface area contributed by atoms with Crippen molar-refractivity contribution in [3.8, 4) is 0 Å². The van der Waals surface area contributed by atoms with Crippen LogP contribution in [0.1, 0.15) is 47.5 Å². The number of nitrogens with one attached hydrogen (secondary N) is 1. The first-order chi connectivity index (χ1) is 16.9. The highest BCUT2D eigenvalue weighted by Crippen LogP contribution is 2.38. The second-order valence-electron chi connectivity index (χ2n) is 7.92. The second-order valence-corrected chi connectivity index (χ2v) is 11.0. The quantitative estimate of drug-likeness (QED) is 0.420. The van der Waals surface area contributed by atoms with Gasteiger partial charge in [-0.15, -0.1) is 23.1 Å². The van der Waals surface area contributed by atoms with Gasteiger partial charge in [-0.05, 0) is 63.3 Å². The molecule has 1 aliphatic carbocycles. The van der Waals surface area contributed by atoms with Crippen molar-refractivity contribution in [2.24, 2.45) is 4.99 Å². The number of benzene rings is 1. The molecule has 2 amide bonds. The summed E-state index contributed by atoms with van der Waals surface area (Å²) < 4.78 is 21.4. The van der Waals surface area contributed by atoms with Gasteiger partial charge in [0.15, 0.2) is 4.80 Å². The molecule has 7 nitrogen and oxygen atoms in total. The van der Waals surface area contributed by atoms with Gasteiger partial charge in [0.2, 0.25) is 5.91 Å². The molecular formula is C24H26FN3O4S3. The van der Waals surface area contributed by atoms with Crippen LogP contribution >= 0.6 is 34.4 Å². The molecule has 0 atom stereocenters. The van der Waals surface area contributed by atoms with Gasteiger partial charge in [-0.2, -0.15) is 4.99 Å². The Kier molecular flexibility index (Phi) is 8.40. The third-order valence-corrected chi connectivity index (χ3v) is 8.71. The monoisotopic (exact) mass is 535 g/mol. The van der Waals surface area contributed by atoms with E-state index in [2.05, 4.69) is 10.3 Å². The van der Waals surface area contributed by atoms with Gasteiger partial charge >= 0.3 is 5.97 Å². The fourth-order valence-corrected chi connectivity index (χ4v) is 7.07. The molecule has 0 fully saturated rings. The van der Waals surface area contributed by atoms with E-state index in [4.69, 9.17) is 4.74 Å². The lowest BCUT2D eigenvalue weighted by Crippen LogP contribution is -2.19. The van der Waals surface area contributed by atoms with E-state index in [-0.39, 0.29) is 35.7 Å². The molecule has 1 aliphatic rings. The first kappa shape index (κ1) is 25.6. The number of anilines is 1. The Morgan fingerprint density at radius 1 is 1.17 bits per heavy atom. The molecule has 1 aromatic carbocycles. The van der Waals surface area contributed by atoms with Crippen molar-refractivity contribution in [1.82, 2.24) is 4.57 Å². The van der Waals surface area contributed by atoms with Crippen LogP contribution in [-0.2, 0) is 33.7 Å². The van der Waals surface area contributed by atoms with E-state index in [1.165, 1.54) is 34.8 Å². The zero-order chi connectivity index (χ0) is 24.9. The number of amides is 2. The van der Waals surface area contributed by atoms with Crippen LogP contribution < -0.4 is 10.1 Å². The van der Waals surface area contributed by atoms with Crippen molar-refractivity contribution in [2.75, 3.05) is 23.4 Å². The average Bonchev–Trinajstić information content (AvgIpc) is 3.35. The van der Waals surface area contributed by atoms with Crippen molar-refractivity contribution in [2.45, 2.75) is 46.1 Å². The van der Waals surface area contributed by atoms with E-state index in [0.717, 1.165) is 58.1 Å². The summed E-state index contributed by atoms with van der Waals surface area (Å²) in [6.45, 7) is 4.56. The summed E-state index contributed by atoms with van der Waals surface area (Å²) in [5.41, 5.74) is 2.29. The number of ether oxygens (including phenoxy) is 1. The lowest BCUT2D eigenvalue weighted by Gasteiger charge is -2.12. The molecule has 4 rings (SSSR count). The van der Waals surface area contributed by atoms with Gasteiger partial charge in [0.25, 0.3) is 5.91 Å². The molecule has 2 aromatic heterocycles. The molecule has 186 valence electrons. The number of fused-ring (bicyclic) bond motifs is 2. The number of carbonyl (C=O) groups is 3. The van der Waals surface area contributed by atoms with Crippen molar-refractivity contribution >= 4 is 67.4 Å². The molecule has 0 spiro atoms. The number of thiophene rings is 1. The Hall–Kier alpha value is -2.50. The minimum Gasteiger partial charge on any atom is -0.462 e. The van der Waals surface area contributed by atoms with Crippen molar-refractivity contribution in [3.05, 3.63) is 44.8 Å². The summed E-state index contributed by atoms with van der Waals surface area (Å²) in [6, 6.07) is 4.50. The summed E-state index contributed by atoms with van der Waals surface area (Å²) in [5, 5.41) is 3.38. The number of halogens is 1.